The first-order chi connectivity index (χ1) is 19.0. The van der Waals surface area contributed by atoms with Crippen molar-refractivity contribution in [2.24, 2.45) is 0 Å². The van der Waals surface area contributed by atoms with Gasteiger partial charge >= 0.3 is 0 Å². The standard InChI is InChI=1S/C26H4F8N6/c1-2-11(24(32)20(28)10(3-27)4-35)12(5-36)17-14(7-38)22(30)18(15(8-39)21(17)29)13(6-37)19-23(31)16(9-40)25(33)26(19)34/h1,23H,3H2/b17-12-,18-13-,20-10-,24-11-. The Bertz CT molecular complexity index is 1930. The second-order valence-electron chi connectivity index (χ2n) is 7.13. The summed E-state index contributed by atoms with van der Waals surface area (Å²) < 4.78 is 116. The Balaban J connectivity index is 3.38. The number of hydrogen-bond acceptors (Lipinski definition) is 6. The Morgan fingerprint density at radius 2 is 1.30 bits per heavy atom. The van der Waals surface area contributed by atoms with Gasteiger partial charge in [0.1, 0.15) is 54.2 Å². The zero-order valence-corrected chi connectivity index (χ0v) is 19.1. The Labute approximate surface area is 218 Å². The largest absolute Gasteiger partial charge is 0.245 e. The van der Waals surface area contributed by atoms with Gasteiger partial charge in [-0.1, -0.05) is 5.92 Å². The average molecular weight is 552 g/mol. The molecule has 14 heteroatoms. The van der Waals surface area contributed by atoms with E-state index in [1.807, 2.05) is 0 Å². The van der Waals surface area contributed by atoms with E-state index in [-0.39, 0.29) is 0 Å². The van der Waals surface area contributed by atoms with E-state index in [1.165, 1.54) is 5.92 Å². The first-order valence-electron chi connectivity index (χ1n) is 9.93. The van der Waals surface area contributed by atoms with Gasteiger partial charge in [-0.3, -0.25) is 0 Å². The van der Waals surface area contributed by atoms with E-state index in [4.69, 9.17) is 16.9 Å². The molecule has 6 nitrogen and oxygen atoms in total. The van der Waals surface area contributed by atoms with E-state index < -0.39 is 103 Å². The van der Waals surface area contributed by atoms with Crippen molar-refractivity contribution in [2.45, 2.75) is 6.17 Å². The summed E-state index contributed by atoms with van der Waals surface area (Å²) in [6.07, 6.45) is 2.03. The van der Waals surface area contributed by atoms with Crippen molar-refractivity contribution in [3.05, 3.63) is 78.8 Å². The monoisotopic (exact) mass is 552 g/mol. The van der Waals surface area contributed by atoms with E-state index >= 15 is 8.78 Å². The fourth-order valence-electron chi connectivity index (χ4n) is 3.43. The van der Waals surface area contributed by atoms with Gasteiger partial charge in [-0.2, -0.15) is 31.6 Å². The highest BCUT2D eigenvalue weighted by molar-refractivity contribution is 5.85. The SMILES string of the molecule is C#CC(=C(F)\C(F)=C(\C#N)CF)/C(C#N)=c1\c(F)c(C#N)/c(=C(\C#N)C2=C(F)C(F)=C(C#N)C2F)c(F)c1C#N. The number of halogens is 8. The Morgan fingerprint density at radius 3 is 1.70 bits per heavy atom. The van der Waals surface area contributed by atoms with Gasteiger partial charge in [0.25, 0.3) is 0 Å². The Kier molecular flexibility index (Phi) is 8.98. The first kappa shape index (κ1) is 30.1. The summed E-state index contributed by atoms with van der Waals surface area (Å²) in [5.41, 5.74) is -12.4. The number of allylic oxidation sites excluding steroid dienone is 8. The molecule has 1 atom stereocenters. The molecule has 0 aromatic heterocycles. The van der Waals surface area contributed by atoms with E-state index in [0.717, 1.165) is 36.4 Å². The van der Waals surface area contributed by atoms with Crippen LogP contribution in [0.3, 0.4) is 0 Å². The van der Waals surface area contributed by atoms with Crippen LogP contribution in [0.25, 0.3) is 11.1 Å². The smallest absolute Gasteiger partial charge is 0.176 e. The summed E-state index contributed by atoms with van der Waals surface area (Å²) in [4.78, 5) is 0. The molecule has 1 unspecified atom stereocenters. The minimum Gasteiger partial charge on any atom is -0.245 e. The molecule has 0 saturated carbocycles. The van der Waals surface area contributed by atoms with Gasteiger partial charge < -0.3 is 0 Å². The van der Waals surface area contributed by atoms with Crippen molar-refractivity contribution in [2.75, 3.05) is 6.67 Å². The lowest BCUT2D eigenvalue weighted by Gasteiger charge is -2.10. The van der Waals surface area contributed by atoms with Gasteiger partial charge in [0.2, 0.25) is 0 Å². The van der Waals surface area contributed by atoms with Gasteiger partial charge in [0.15, 0.2) is 41.1 Å². The van der Waals surface area contributed by atoms with Crippen molar-refractivity contribution < 1.29 is 35.1 Å². The summed E-state index contributed by atoms with van der Waals surface area (Å²) in [6, 6.07) is 6.12. The lowest BCUT2D eigenvalue weighted by atomic mass is 9.92. The normalized spacial score (nSPS) is 17.1. The van der Waals surface area contributed by atoms with Crippen molar-refractivity contribution >= 4 is 11.1 Å². The van der Waals surface area contributed by atoms with Gasteiger partial charge in [-0.05, 0) is 0 Å². The molecule has 40 heavy (non-hydrogen) atoms. The third-order valence-corrected chi connectivity index (χ3v) is 5.23. The molecular formula is C26H4F8N6. The third-order valence-electron chi connectivity index (χ3n) is 5.23. The lowest BCUT2D eigenvalue weighted by Crippen LogP contribution is -2.31. The molecule has 0 spiro atoms. The van der Waals surface area contributed by atoms with Gasteiger partial charge in [0, 0.05) is 5.57 Å². The fourth-order valence-corrected chi connectivity index (χ4v) is 3.43. The van der Waals surface area contributed by atoms with Crippen molar-refractivity contribution in [1.29, 1.82) is 31.6 Å². The zero-order valence-electron chi connectivity index (χ0n) is 19.1. The van der Waals surface area contributed by atoms with E-state index in [1.54, 1.807) is 0 Å². The highest BCUT2D eigenvalue weighted by Gasteiger charge is 2.39. The topological polar surface area (TPSA) is 143 Å². The minimum atomic E-state index is -3.02. The number of alkyl halides is 2. The summed E-state index contributed by atoms with van der Waals surface area (Å²) in [5.74, 6) is -11.6. The molecule has 0 radical (unpaired) electrons. The molecule has 0 aliphatic heterocycles. The predicted molar refractivity (Wildman–Crippen MR) is 117 cm³/mol. The highest BCUT2D eigenvalue weighted by atomic mass is 19.2. The van der Waals surface area contributed by atoms with Crippen LogP contribution < -0.4 is 10.4 Å². The second-order valence-corrected chi connectivity index (χ2v) is 7.13. The number of benzene rings is 1. The molecule has 0 saturated heterocycles. The van der Waals surface area contributed by atoms with Gasteiger partial charge in [-0.15, -0.1) is 6.42 Å². The van der Waals surface area contributed by atoms with Crippen LogP contribution in [0.4, 0.5) is 35.1 Å². The molecule has 0 fully saturated rings. The number of nitrogens with zero attached hydrogens (tertiary/aromatic N) is 6. The summed E-state index contributed by atoms with van der Waals surface area (Å²) in [6.45, 7) is -1.85. The van der Waals surface area contributed by atoms with Crippen molar-refractivity contribution in [3.63, 3.8) is 0 Å². The zero-order chi connectivity index (χ0) is 30.5. The number of terminal acetylenes is 1. The van der Waals surface area contributed by atoms with E-state index in [9.17, 15) is 47.4 Å². The summed E-state index contributed by atoms with van der Waals surface area (Å²) in [5, 5.41) is 52.4. The molecule has 1 aromatic carbocycles. The third kappa shape index (κ3) is 4.53. The van der Waals surface area contributed by atoms with Crippen molar-refractivity contribution in [1.82, 2.24) is 0 Å². The highest BCUT2D eigenvalue weighted by Crippen LogP contribution is 2.40. The van der Waals surface area contributed by atoms with Gasteiger partial charge in [-0.25, -0.2) is 35.1 Å². The lowest BCUT2D eigenvalue weighted by molar-refractivity contribution is 0.445. The Hall–Kier alpha value is -6.14. The average Bonchev–Trinajstić information content (AvgIpc) is 3.16. The molecule has 1 aliphatic rings. The van der Waals surface area contributed by atoms with Crippen LogP contribution in [0.5, 0.6) is 0 Å². The summed E-state index contributed by atoms with van der Waals surface area (Å²) >= 11 is 0. The molecule has 0 amide bonds. The molecule has 1 aromatic rings. The second kappa shape index (κ2) is 11.9. The molecule has 0 heterocycles. The van der Waals surface area contributed by atoms with Crippen LogP contribution in [-0.2, 0) is 0 Å². The molecule has 2 rings (SSSR count). The first-order valence-corrected chi connectivity index (χ1v) is 9.93. The molecule has 0 N–H and O–H groups in total. The summed E-state index contributed by atoms with van der Waals surface area (Å²) in [7, 11) is 0. The maximum Gasteiger partial charge on any atom is 0.176 e. The maximum absolute atomic E-state index is 15.6. The van der Waals surface area contributed by atoms with Crippen LogP contribution in [0.1, 0.15) is 11.1 Å². The maximum atomic E-state index is 15.6. The molecule has 0 bridgehead atoms. The van der Waals surface area contributed by atoms with Crippen LogP contribution in [0.15, 0.2) is 45.6 Å². The number of rotatable bonds is 4. The Morgan fingerprint density at radius 1 is 0.750 bits per heavy atom. The molecular weight excluding hydrogens is 548 g/mol. The van der Waals surface area contributed by atoms with Crippen LogP contribution >= 0.6 is 0 Å². The number of hydrogen-bond donors (Lipinski definition) is 0. The molecule has 194 valence electrons. The minimum absolute atomic E-state index is 0.956. The van der Waals surface area contributed by atoms with Crippen molar-refractivity contribution in [3.8, 4) is 48.8 Å². The van der Waals surface area contributed by atoms with Gasteiger partial charge in [0.05, 0.1) is 38.3 Å². The fraction of sp³-hybridized carbons (Fsp3) is 0.0769. The molecule has 1 aliphatic carbocycles. The number of nitriles is 6. The van der Waals surface area contributed by atoms with E-state index in [0.29, 0.717) is 0 Å². The van der Waals surface area contributed by atoms with Crippen LogP contribution in [-0.4, -0.2) is 12.8 Å². The van der Waals surface area contributed by atoms with Crippen LogP contribution in [0, 0.1) is 92.0 Å². The van der Waals surface area contributed by atoms with Crippen LogP contribution in [0.2, 0.25) is 0 Å². The predicted octanol–water partition coefficient (Wildman–Crippen LogP) is 3.95. The quantitative estimate of drug-likeness (QED) is 0.240. The van der Waals surface area contributed by atoms with E-state index in [2.05, 4.69) is 0 Å².